The van der Waals surface area contributed by atoms with Crippen molar-refractivity contribution in [2.45, 2.75) is 36.1 Å². The van der Waals surface area contributed by atoms with Gasteiger partial charge < -0.3 is 10.6 Å². The average Bonchev–Trinajstić information content (AvgIpc) is 1.89. The molecule has 0 atom stereocenters. The fourth-order valence-corrected chi connectivity index (χ4v) is 0. The van der Waals surface area contributed by atoms with Gasteiger partial charge in [0.25, 0.3) is 0 Å². The zero-order valence-corrected chi connectivity index (χ0v) is 7.63. The highest BCUT2D eigenvalue weighted by atomic mass is 32.1. The minimum atomic E-state index is 0. The molecule has 4 heteroatoms. The minimum absolute atomic E-state index is 0. The molecule has 0 aliphatic carbocycles. The predicted molar refractivity (Wildman–Crippen MR) is 67.3 cm³/mol. The van der Waals surface area contributed by atoms with Crippen LogP contribution in [0.3, 0.4) is 0 Å². The van der Waals surface area contributed by atoms with E-state index in [1.807, 2.05) is 14.0 Å². The van der Waals surface area contributed by atoms with E-state index in [-0.39, 0.29) is 28.2 Å². The molecule has 0 rings (SSSR count). The molecule has 2 N–H and O–H groups in total. The Labute approximate surface area is 89.3 Å². The number of thiocarbonyl (C=S) groups is 1. The summed E-state index contributed by atoms with van der Waals surface area (Å²) in [6, 6.07) is 0. The molecule has 0 aromatic rings. The van der Waals surface area contributed by atoms with Crippen LogP contribution in [0, 0.1) is 0 Å². The molecule has 3 nitrogen and oxygen atoms in total. The summed E-state index contributed by atoms with van der Waals surface area (Å²) < 4.78 is 0. The Bertz CT molecular complexity index is 102. The molecular weight excluding hydrogens is 184 g/mol. The highest BCUT2D eigenvalue weighted by molar-refractivity contribution is 7.80. The van der Waals surface area contributed by atoms with Crippen molar-refractivity contribution in [2.75, 3.05) is 14.1 Å². The van der Waals surface area contributed by atoms with Gasteiger partial charge in [-0.05, 0) is 6.92 Å². The Morgan fingerprint density at radius 3 is 1.15 bits per heavy atom. The number of hydrogen-bond acceptors (Lipinski definition) is 2. The van der Waals surface area contributed by atoms with Crippen molar-refractivity contribution in [3.05, 3.63) is 0 Å². The molecular formula is C9H26N2OS. The van der Waals surface area contributed by atoms with E-state index in [2.05, 4.69) is 22.9 Å². The van der Waals surface area contributed by atoms with E-state index >= 15 is 0 Å². The highest BCUT2D eigenvalue weighted by Gasteiger charge is 1.72. The van der Waals surface area contributed by atoms with Gasteiger partial charge in [0.05, 0.1) is 4.99 Å². The van der Waals surface area contributed by atoms with Crippen LogP contribution < -0.4 is 10.6 Å². The Morgan fingerprint density at radius 2 is 1.15 bits per heavy atom. The van der Waals surface area contributed by atoms with Crippen LogP contribution in [0.15, 0.2) is 0 Å². The van der Waals surface area contributed by atoms with E-state index in [1.54, 1.807) is 7.05 Å². The number of amides is 1. The number of nitrogens with one attached hydrogen (secondary N) is 2. The SMILES string of the molecule is C.C.C.CNC(C)=O.CNC(C)=S. The van der Waals surface area contributed by atoms with Gasteiger partial charge in [-0.15, -0.1) is 0 Å². The van der Waals surface area contributed by atoms with Gasteiger partial charge >= 0.3 is 0 Å². The number of carbonyl (C=O) groups is 1. The maximum Gasteiger partial charge on any atom is 0.216 e. The van der Waals surface area contributed by atoms with Gasteiger partial charge in [0, 0.05) is 21.0 Å². The lowest BCUT2D eigenvalue weighted by atomic mass is 10.7. The molecule has 0 bridgehead atoms. The van der Waals surface area contributed by atoms with E-state index < -0.39 is 0 Å². The second-order valence-corrected chi connectivity index (χ2v) is 2.22. The minimum Gasteiger partial charge on any atom is -0.383 e. The Hall–Kier alpha value is -0.640. The van der Waals surface area contributed by atoms with E-state index in [0.717, 1.165) is 4.99 Å². The zero-order chi connectivity index (χ0) is 8.57. The van der Waals surface area contributed by atoms with Crippen molar-refractivity contribution in [1.29, 1.82) is 0 Å². The van der Waals surface area contributed by atoms with Crippen LogP contribution in [0.4, 0.5) is 0 Å². The third-order valence-corrected chi connectivity index (χ3v) is 0.908. The van der Waals surface area contributed by atoms with Crippen molar-refractivity contribution < 1.29 is 4.79 Å². The fraction of sp³-hybridized carbons (Fsp3) is 0.778. The summed E-state index contributed by atoms with van der Waals surface area (Å²) in [5.74, 6) is 0.00463. The summed E-state index contributed by atoms with van der Waals surface area (Å²) in [5, 5.41) is 5.15. The molecule has 13 heavy (non-hydrogen) atoms. The van der Waals surface area contributed by atoms with Crippen LogP contribution in [0.2, 0.25) is 0 Å². The first-order valence-electron chi connectivity index (χ1n) is 2.91. The average molecular weight is 210 g/mol. The first kappa shape index (κ1) is 29.4. The van der Waals surface area contributed by atoms with Crippen LogP contribution in [-0.2, 0) is 4.79 Å². The molecule has 0 unspecified atom stereocenters. The van der Waals surface area contributed by atoms with Gasteiger partial charge in [-0.2, -0.15) is 0 Å². The molecule has 0 saturated heterocycles. The largest absolute Gasteiger partial charge is 0.383 e. The third kappa shape index (κ3) is 88.2. The van der Waals surface area contributed by atoms with Gasteiger partial charge in [0.1, 0.15) is 0 Å². The zero-order valence-electron chi connectivity index (χ0n) is 6.82. The normalized spacial score (nSPS) is 5.23. The summed E-state index contributed by atoms with van der Waals surface area (Å²) >= 11 is 4.59. The standard InChI is InChI=1S/C3H7NO.C3H7NS.3CH4/c2*1-3(5)4-2;;;/h2*1-2H3,(H,4,5);3*1H4. The van der Waals surface area contributed by atoms with Crippen LogP contribution in [0.5, 0.6) is 0 Å². The second-order valence-electron chi connectivity index (χ2n) is 1.61. The molecule has 0 aromatic heterocycles. The van der Waals surface area contributed by atoms with Crippen LogP contribution in [-0.4, -0.2) is 25.0 Å². The lowest BCUT2D eigenvalue weighted by Crippen LogP contribution is -2.11. The number of hydrogen-bond donors (Lipinski definition) is 2. The van der Waals surface area contributed by atoms with Crippen LogP contribution in [0.25, 0.3) is 0 Å². The van der Waals surface area contributed by atoms with Crippen LogP contribution in [0.1, 0.15) is 36.1 Å². The molecule has 0 aliphatic rings. The summed E-state index contributed by atoms with van der Waals surface area (Å²) in [6.45, 7) is 3.31. The Kier molecular flexibility index (Phi) is 51.0. The summed E-state index contributed by atoms with van der Waals surface area (Å²) in [6.07, 6.45) is 0. The third-order valence-electron chi connectivity index (χ3n) is 0.704. The topological polar surface area (TPSA) is 41.1 Å². The molecule has 0 aromatic carbocycles. The quantitative estimate of drug-likeness (QED) is 0.602. The first-order valence-corrected chi connectivity index (χ1v) is 3.32. The van der Waals surface area contributed by atoms with Gasteiger partial charge in [-0.1, -0.05) is 34.5 Å². The Balaban J connectivity index is -0.0000000267. The van der Waals surface area contributed by atoms with Gasteiger partial charge in [0.15, 0.2) is 0 Å². The number of rotatable bonds is 0. The molecule has 0 radical (unpaired) electrons. The fourth-order valence-electron chi connectivity index (χ4n) is 0. The van der Waals surface area contributed by atoms with Gasteiger partial charge in [-0.25, -0.2) is 0 Å². The lowest BCUT2D eigenvalue weighted by molar-refractivity contribution is -0.118. The summed E-state index contributed by atoms with van der Waals surface area (Å²) in [7, 11) is 3.41. The second kappa shape index (κ2) is 22.5. The molecule has 0 fully saturated rings. The summed E-state index contributed by atoms with van der Waals surface area (Å²) in [4.78, 5) is 10.5. The molecule has 0 heterocycles. The smallest absolute Gasteiger partial charge is 0.216 e. The van der Waals surface area contributed by atoms with Crippen molar-refractivity contribution in [2.24, 2.45) is 0 Å². The molecule has 1 amide bonds. The van der Waals surface area contributed by atoms with Crippen molar-refractivity contribution in [3.63, 3.8) is 0 Å². The molecule has 0 saturated carbocycles. The number of carbonyl (C=O) groups excluding carboxylic acids is 1. The monoisotopic (exact) mass is 210 g/mol. The van der Waals surface area contributed by atoms with Crippen molar-refractivity contribution >= 4 is 23.1 Å². The lowest BCUT2D eigenvalue weighted by Gasteiger charge is -1.84. The van der Waals surface area contributed by atoms with Crippen molar-refractivity contribution in [1.82, 2.24) is 10.6 Å². The van der Waals surface area contributed by atoms with E-state index in [9.17, 15) is 4.79 Å². The first-order chi connectivity index (χ1) is 4.54. The van der Waals surface area contributed by atoms with Crippen LogP contribution >= 0.6 is 12.2 Å². The summed E-state index contributed by atoms with van der Waals surface area (Å²) in [5.41, 5.74) is 0. The Morgan fingerprint density at radius 1 is 1.00 bits per heavy atom. The van der Waals surface area contributed by atoms with E-state index in [0.29, 0.717) is 0 Å². The predicted octanol–water partition coefficient (Wildman–Crippen LogP) is 2.21. The molecule has 84 valence electrons. The van der Waals surface area contributed by atoms with Crippen molar-refractivity contribution in [3.8, 4) is 0 Å². The highest BCUT2D eigenvalue weighted by Crippen LogP contribution is 1.56. The van der Waals surface area contributed by atoms with Gasteiger partial charge in [-0.3, -0.25) is 4.79 Å². The van der Waals surface area contributed by atoms with Gasteiger partial charge in [0.2, 0.25) is 5.91 Å². The molecule has 0 spiro atoms. The molecule has 0 aliphatic heterocycles. The van der Waals surface area contributed by atoms with E-state index in [1.165, 1.54) is 6.92 Å². The van der Waals surface area contributed by atoms with E-state index in [4.69, 9.17) is 0 Å². The maximum atomic E-state index is 9.70. The maximum absolute atomic E-state index is 9.70.